The Balaban J connectivity index is 1.23. The number of benzene rings is 2. The Morgan fingerprint density at radius 1 is 1.14 bits per heavy atom. The van der Waals surface area contributed by atoms with E-state index in [0.717, 1.165) is 19.4 Å². The minimum atomic E-state index is -1.26. The molecule has 2 saturated heterocycles. The van der Waals surface area contributed by atoms with Crippen LogP contribution in [-0.4, -0.2) is 82.4 Å². The van der Waals surface area contributed by atoms with Crippen molar-refractivity contribution < 1.29 is 27.9 Å². The quantitative estimate of drug-likeness (QED) is 0.419. The third-order valence-electron chi connectivity index (χ3n) is 7.50. The number of amides is 3. The van der Waals surface area contributed by atoms with Gasteiger partial charge in [0.15, 0.2) is 24.0 Å². The van der Waals surface area contributed by atoms with E-state index in [4.69, 9.17) is 21.6 Å². The summed E-state index contributed by atoms with van der Waals surface area (Å²) in [6.45, 7) is 2.04. The summed E-state index contributed by atoms with van der Waals surface area (Å²) in [7, 11) is 1.47. The van der Waals surface area contributed by atoms with Gasteiger partial charge >= 0.3 is 0 Å². The van der Waals surface area contributed by atoms with Crippen LogP contribution < -0.4 is 15.4 Å². The first-order valence-electron chi connectivity index (χ1n) is 13.6. The third-order valence-corrected chi connectivity index (χ3v) is 7.81. The molecule has 224 valence electrons. The Morgan fingerprint density at radius 2 is 1.88 bits per heavy atom. The SMILES string of the molecule is Cn1c(-c2ccc(OCC#N)c(F)c2F)cnc1C(=O)Nc1ccc(C(=O)N2CCN(C(=O)[C@H]3CCCN3)CC2)c(Cl)c1. The monoisotopic (exact) mass is 611 g/mol. The maximum Gasteiger partial charge on any atom is 0.291 e. The number of carbonyl (C=O) groups is 3. The van der Waals surface area contributed by atoms with Crippen LogP contribution in [0.5, 0.6) is 5.75 Å². The van der Waals surface area contributed by atoms with E-state index in [2.05, 4.69) is 15.6 Å². The lowest BCUT2D eigenvalue weighted by Gasteiger charge is -2.36. The van der Waals surface area contributed by atoms with Gasteiger partial charge in [-0.05, 0) is 49.7 Å². The van der Waals surface area contributed by atoms with Gasteiger partial charge in [-0.2, -0.15) is 9.65 Å². The minimum absolute atomic E-state index is 0.0689. The number of nitriles is 1. The molecule has 0 radical (unpaired) electrons. The van der Waals surface area contributed by atoms with Crippen molar-refractivity contribution in [3.05, 3.63) is 64.6 Å². The second-order valence-corrected chi connectivity index (χ2v) is 10.5. The summed E-state index contributed by atoms with van der Waals surface area (Å²) in [4.78, 5) is 46.3. The topological polar surface area (TPSA) is 133 Å². The third kappa shape index (κ3) is 6.16. The fourth-order valence-electron chi connectivity index (χ4n) is 5.19. The van der Waals surface area contributed by atoms with Crippen LogP contribution in [0.4, 0.5) is 14.5 Å². The van der Waals surface area contributed by atoms with Crippen molar-refractivity contribution in [2.75, 3.05) is 44.6 Å². The van der Waals surface area contributed by atoms with Crippen molar-refractivity contribution in [1.82, 2.24) is 24.7 Å². The average Bonchev–Trinajstić information content (AvgIpc) is 3.68. The standard InChI is InChI=1S/C29H28ClF2N7O4/c1-37-22(19-6-7-23(43-14-8-33)25(32)24(19)31)16-35-26(37)27(40)36-17-4-5-18(20(30)15-17)28(41)38-10-12-39(13-11-38)29(42)21-3-2-9-34-21/h4-7,15-16,21,34H,2-3,9-14H2,1H3,(H,36,40)/t21-/m1/s1. The summed E-state index contributed by atoms with van der Waals surface area (Å²) >= 11 is 6.43. The van der Waals surface area contributed by atoms with Crippen molar-refractivity contribution in [3.63, 3.8) is 0 Å². The van der Waals surface area contributed by atoms with Gasteiger partial charge < -0.3 is 29.7 Å². The van der Waals surface area contributed by atoms with Crippen LogP contribution >= 0.6 is 11.6 Å². The number of piperazine rings is 1. The van der Waals surface area contributed by atoms with Crippen molar-refractivity contribution in [2.24, 2.45) is 7.05 Å². The van der Waals surface area contributed by atoms with Crippen LogP contribution in [0.25, 0.3) is 11.3 Å². The Kier molecular flexibility index (Phi) is 8.89. The lowest BCUT2D eigenvalue weighted by molar-refractivity contribution is -0.134. The number of rotatable bonds is 7. The van der Waals surface area contributed by atoms with Gasteiger partial charge in [-0.3, -0.25) is 14.4 Å². The highest BCUT2D eigenvalue weighted by Gasteiger charge is 2.31. The number of hydrogen-bond donors (Lipinski definition) is 2. The molecule has 14 heteroatoms. The number of hydrogen-bond acceptors (Lipinski definition) is 7. The van der Waals surface area contributed by atoms with E-state index in [9.17, 15) is 23.2 Å². The van der Waals surface area contributed by atoms with Crippen LogP contribution in [0, 0.1) is 23.0 Å². The maximum atomic E-state index is 14.8. The summed E-state index contributed by atoms with van der Waals surface area (Å²) in [6, 6.07) is 8.47. The molecule has 2 aliphatic rings. The van der Waals surface area contributed by atoms with Crippen LogP contribution in [0.3, 0.4) is 0 Å². The first-order chi connectivity index (χ1) is 20.7. The predicted octanol–water partition coefficient (Wildman–Crippen LogP) is 3.21. The Morgan fingerprint density at radius 3 is 2.56 bits per heavy atom. The van der Waals surface area contributed by atoms with E-state index >= 15 is 0 Å². The summed E-state index contributed by atoms with van der Waals surface area (Å²) < 4.78 is 35.4. The molecule has 3 aromatic rings. The van der Waals surface area contributed by atoms with Gasteiger partial charge in [0.2, 0.25) is 11.7 Å². The van der Waals surface area contributed by atoms with E-state index in [1.165, 1.54) is 48.1 Å². The van der Waals surface area contributed by atoms with Gasteiger partial charge in [0.05, 0.1) is 28.5 Å². The number of aromatic nitrogens is 2. The summed E-state index contributed by atoms with van der Waals surface area (Å²) in [6.07, 6.45) is 3.03. The highest BCUT2D eigenvalue weighted by molar-refractivity contribution is 6.34. The molecule has 43 heavy (non-hydrogen) atoms. The van der Waals surface area contributed by atoms with E-state index in [1.54, 1.807) is 15.9 Å². The summed E-state index contributed by atoms with van der Waals surface area (Å²) in [5, 5.41) is 14.6. The van der Waals surface area contributed by atoms with Crippen LogP contribution in [0.1, 0.15) is 33.8 Å². The molecular formula is C29H28ClF2N7O4. The molecule has 1 atom stereocenters. The number of ether oxygens (including phenoxy) is 1. The van der Waals surface area contributed by atoms with Gasteiger partial charge in [0.25, 0.3) is 11.8 Å². The fraction of sp³-hybridized carbons (Fsp3) is 0.345. The highest BCUT2D eigenvalue weighted by atomic mass is 35.5. The molecule has 2 aliphatic heterocycles. The molecule has 3 heterocycles. The molecule has 0 aliphatic carbocycles. The zero-order valence-electron chi connectivity index (χ0n) is 23.2. The predicted molar refractivity (Wildman–Crippen MR) is 153 cm³/mol. The molecule has 2 N–H and O–H groups in total. The molecule has 0 saturated carbocycles. The molecule has 1 aromatic heterocycles. The Hall–Kier alpha value is -4.54. The van der Waals surface area contributed by atoms with E-state index in [-0.39, 0.29) is 45.5 Å². The minimum Gasteiger partial charge on any atom is -0.476 e. The Bertz CT molecular complexity index is 1610. The van der Waals surface area contributed by atoms with Crippen LogP contribution in [0.15, 0.2) is 36.5 Å². The molecule has 5 rings (SSSR count). The lowest BCUT2D eigenvalue weighted by Crippen LogP contribution is -2.54. The first kappa shape index (κ1) is 29.9. The zero-order chi connectivity index (χ0) is 30.7. The fourth-order valence-corrected chi connectivity index (χ4v) is 5.45. The molecular weight excluding hydrogens is 584 g/mol. The van der Waals surface area contributed by atoms with Crippen molar-refractivity contribution in [1.29, 1.82) is 5.26 Å². The number of carbonyl (C=O) groups excluding carboxylic acids is 3. The van der Waals surface area contributed by atoms with Crippen molar-refractivity contribution in [2.45, 2.75) is 18.9 Å². The molecule has 2 aromatic carbocycles. The van der Waals surface area contributed by atoms with Gasteiger partial charge in [0, 0.05) is 44.5 Å². The van der Waals surface area contributed by atoms with Crippen molar-refractivity contribution >= 4 is 35.0 Å². The molecule has 0 unspecified atom stereocenters. The maximum absolute atomic E-state index is 14.8. The normalized spacial score (nSPS) is 16.6. The van der Waals surface area contributed by atoms with E-state index in [1.807, 2.05) is 0 Å². The Labute approximate surface area is 251 Å². The first-order valence-corrected chi connectivity index (χ1v) is 14.0. The smallest absolute Gasteiger partial charge is 0.291 e. The molecule has 11 nitrogen and oxygen atoms in total. The van der Waals surface area contributed by atoms with E-state index in [0.29, 0.717) is 31.9 Å². The van der Waals surface area contributed by atoms with Crippen LogP contribution in [0.2, 0.25) is 5.02 Å². The van der Waals surface area contributed by atoms with Gasteiger partial charge in [-0.25, -0.2) is 9.37 Å². The van der Waals surface area contributed by atoms with E-state index < -0.39 is 29.9 Å². The molecule has 0 bridgehead atoms. The number of imidazole rings is 1. The van der Waals surface area contributed by atoms with Crippen LogP contribution in [-0.2, 0) is 11.8 Å². The number of nitrogens with zero attached hydrogens (tertiary/aromatic N) is 5. The largest absolute Gasteiger partial charge is 0.476 e. The van der Waals surface area contributed by atoms with Gasteiger partial charge in [-0.15, -0.1) is 0 Å². The van der Waals surface area contributed by atoms with Gasteiger partial charge in [0.1, 0.15) is 6.07 Å². The lowest BCUT2D eigenvalue weighted by atomic mass is 10.1. The summed E-state index contributed by atoms with van der Waals surface area (Å²) in [5.74, 6) is -3.82. The molecule has 0 spiro atoms. The number of anilines is 1. The van der Waals surface area contributed by atoms with Crippen molar-refractivity contribution in [3.8, 4) is 23.1 Å². The summed E-state index contributed by atoms with van der Waals surface area (Å²) in [5.41, 5.74) is 0.540. The average molecular weight is 612 g/mol. The second kappa shape index (κ2) is 12.8. The van der Waals surface area contributed by atoms with Gasteiger partial charge in [-0.1, -0.05) is 11.6 Å². The zero-order valence-corrected chi connectivity index (χ0v) is 24.0. The molecule has 3 amide bonds. The number of halogens is 3. The highest BCUT2D eigenvalue weighted by Crippen LogP contribution is 2.30. The molecule has 2 fully saturated rings. The second-order valence-electron chi connectivity index (χ2n) is 10.1. The number of nitrogens with one attached hydrogen (secondary N) is 2.